The van der Waals surface area contributed by atoms with Gasteiger partial charge in [-0.2, -0.15) is 0 Å². The smallest absolute Gasteiger partial charge is 0.178 e. The maximum atomic E-state index is 13.3. The van der Waals surface area contributed by atoms with Crippen LogP contribution in [-0.2, 0) is 6.42 Å². The minimum absolute atomic E-state index is 0.0761. The van der Waals surface area contributed by atoms with E-state index in [1.54, 1.807) is 26.4 Å². The number of carbonyl (C=O) groups excluding carboxylic acids is 2. The lowest BCUT2D eigenvalue weighted by Gasteiger charge is -2.25. The van der Waals surface area contributed by atoms with Crippen molar-refractivity contribution in [3.63, 3.8) is 0 Å². The summed E-state index contributed by atoms with van der Waals surface area (Å²) in [6, 6.07) is 11.0. The van der Waals surface area contributed by atoms with Crippen LogP contribution in [0, 0.1) is 5.41 Å². The molecule has 4 rings (SSSR count). The molecule has 0 radical (unpaired) electrons. The van der Waals surface area contributed by atoms with E-state index in [9.17, 15) is 9.59 Å². The van der Waals surface area contributed by atoms with Crippen LogP contribution in [0.3, 0.4) is 0 Å². The third-order valence-electron chi connectivity index (χ3n) is 5.54. The molecule has 2 atom stereocenters. The quantitative estimate of drug-likeness (QED) is 0.795. The van der Waals surface area contributed by atoms with Gasteiger partial charge in [0.05, 0.1) is 14.2 Å². The number of benzene rings is 2. The van der Waals surface area contributed by atoms with E-state index in [-0.39, 0.29) is 17.5 Å². The lowest BCUT2D eigenvalue weighted by Crippen LogP contribution is -2.36. The van der Waals surface area contributed by atoms with E-state index < -0.39 is 5.41 Å². The number of carbonyl (C=O) groups is 2. The van der Waals surface area contributed by atoms with Gasteiger partial charge in [0.2, 0.25) is 0 Å². The van der Waals surface area contributed by atoms with E-state index in [2.05, 4.69) is 0 Å². The Labute approximate surface area is 140 Å². The zero-order valence-electron chi connectivity index (χ0n) is 13.9. The highest BCUT2D eigenvalue weighted by atomic mass is 16.5. The minimum atomic E-state index is -1.05. The lowest BCUT2D eigenvalue weighted by atomic mass is 9.73. The normalized spacial score (nSPS) is 24.2. The van der Waals surface area contributed by atoms with Crippen molar-refractivity contribution in [2.24, 2.45) is 5.41 Å². The minimum Gasteiger partial charge on any atom is -0.493 e. The van der Waals surface area contributed by atoms with Gasteiger partial charge in [-0.1, -0.05) is 31.2 Å². The maximum Gasteiger partial charge on any atom is 0.178 e. The van der Waals surface area contributed by atoms with E-state index >= 15 is 0 Å². The molecule has 0 aromatic heterocycles. The van der Waals surface area contributed by atoms with Gasteiger partial charge >= 0.3 is 0 Å². The molecule has 1 spiro atoms. The van der Waals surface area contributed by atoms with Gasteiger partial charge < -0.3 is 9.47 Å². The summed E-state index contributed by atoms with van der Waals surface area (Å²) in [5.74, 6) is 0.692. The second-order valence-corrected chi connectivity index (χ2v) is 6.45. The first-order valence-electron chi connectivity index (χ1n) is 7.98. The molecule has 0 N–H and O–H groups in total. The lowest BCUT2D eigenvalue weighted by molar-refractivity contribution is 0.0675. The van der Waals surface area contributed by atoms with E-state index in [4.69, 9.17) is 9.47 Å². The third kappa shape index (κ3) is 1.58. The van der Waals surface area contributed by atoms with Gasteiger partial charge in [-0.05, 0) is 24.1 Å². The number of methoxy groups -OCH3 is 2. The van der Waals surface area contributed by atoms with Crippen LogP contribution in [0.25, 0.3) is 0 Å². The van der Waals surface area contributed by atoms with Crippen molar-refractivity contribution in [3.8, 4) is 11.5 Å². The predicted octanol–water partition coefficient (Wildman–Crippen LogP) is 3.43. The second kappa shape index (κ2) is 4.94. The Morgan fingerprint density at radius 2 is 1.67 bits per heavy atom. The highest BCUT2D eigenvalue weighted by molar-refractivity contribution is 6.25. The number of hydrogen-bond acceptors (Lipinski definition) is 4. The molecular formula is C20H18O4. The molecule has 2 unspecified atom stereocenters. The van der Waals surface area contributed by atoms with E-state index in [0.29, 0.717) is 29.0 Å². The molecule has 0 heterocycles. The van der Waals surface area contributed by atoms with Gasteiger partial charge in [0.25, 0.3) is 0 Å². The Balaban J connectivity index is 1.93. The molecule has 4 heteroatoms. The van der Waals surface area contributed by atoms with Crippen LogP contribution in [0.5, 0.6) is 11.5 Å². The summed E-state index contributed by atoms with van der Waals surface area (Å²) in [5.41, 5.74) is 1.91. The molecule has 2 aromatic carbocycles. The van der Waals surface area contributed by atoms with Crippen molar-refractivity contribution >= 4 is 11.6 Å². The van der Waals surface area contributed by atoms with Gasteiger partial charge in [0, 0.05) is 22.6 Å². The predicted molar refractivity (Wildman–Crippen MR) is 89.2 cm³/mol. The largest absolute Gasteiger partial charge is 0.493 e. The Kier molecular flexibility index (Phi) is 3.07. The second-order valence-electron chi connectivity index (χ2n) is 6.45. The summed E-state index contributed by atoms with van der Waals surface area (Å²) < 4.78 is 10.9. The van der Waals surface area contributed by atoms with E-state index in [0.717, 1.165) is 11.1 Å². The summed E-state index contributed by atoms with van der Waals surface area (Å²) in [7, 11) is 3.13. The monoisotopic (exact) mass is 322 g/mol. The van der Waals surface area contributed by atoms with Crippen molar-refractivity contribution in [1.29, 1.82) is 0 Å². The van der Waals surface area contributed by atoms with Gasteiger partial charge in [0.1, 0.15) is 5.41 Å². The molecule has 0 fully saturated rings. The van der Waals surface area contributed by atoms with Crippen molar-refractivity contribution in [1.82, 2.24) is 0 Å². The average Bonchev–Trinajstić information content (AvgIpc) is 3.03. The number of rotatable bonds is 2. The first-order valence-corrected chi connectivity index (χ1v) is 7.98. The number of ether oxygens (including phenoxy) is 2. The molecular weight excluding hydrogens is 304 g/mol. The van der Waals surface area contributed by atoms with Crippen molar-refractivity contribution in [3.05, 3.63) is 58.7 Å². The maximum absolute atomic E-state index is 13.3. The summed E-state index contributed by atoms with van der Waals surface area (Å²) in [6.45, 7) is 1.94. The van der Waals surface area contributed by atoms with Gasteiger partial charge in [-0.3, -0.25) is 9.59 Å². The molecule has 2 aromatic rings. The average molecular weight is 322 g/mol. The Hall–Kier alpha value is -2.62. The topological polar surface area (TPSA) is 52.6 Å². The summed E-state index contributed by atoms with van der Waals surface area (Å²) in [4.78, 5) is 26.4. The van der Waals surface area contributed by atoms with Crippen LogP contribution >= 0.6 is 0 Å². The van der Waals surface area contributed by atoms with Crippen LogP contribution in [-0.4, -0.2) is 25.8 Å². The Morgan fingerprint density at radius 3 is 2.33 bits per heavy atom. The molecule has 0 saturated heterocycles. The van der Waals surface area contributed by atoms with Gasteiger partial charge in [-0.15, -0.1) is 0 Å². The fraction of sp³-hybridized carbons (Fsp3) is 0.300. The number of Topliss-reactive ketones (excluding diaryl/α,β-unsaturated/α-hetero) is 2. The number of fused-ring (bicyclic) bond motifs is 2. The molecule has 24 heavy (non-hydrogen) atoms. The molecule has 0 amide bonds. The van der Waals surface area contributed by atoms with E-state index in [1.807, 2.05) is 31.2 Å². The molecule has 0 bridgehead atoms. The molecule has 0 aliphatic heterocycles. The fourth-order valence-electron chi connectivity index (χ4n) is 4.31. The molecule has 4 nitrogen and oxygen atoms in total. The molecule has 2 aliphatic carbocycles. The van der Waals surface area contributed by atoms with Crippen LogP contribution in [0.1, 0.15) is 44.7 Å². The zero-order valence-corrected chi connectivity index (χ0v) is 13.9. The first-order chi connectivity index (χ1) is 11.6. The highest BCUT2D eigenvalue weighted by Crippen LogP contribution is 2.57. The summed E-state index contributed by atoms with van der Waals surface area (Å²) in [5, 5.41) is 0. The van der Waals surface area contributed by atoms with Gasteiger partial charge in [-0.25, -0.2) is 0 Å². The fourth-order valence-corrected chi connectivity index (χ4v) is 4.31. The molecule has 122 valence electrons. The Morgan fingerprint density at radius 1 is 0.958 bits per heavy atom. The van der Waals surface area contributed by atoms with Crippen LogP contribution in [0.4, 0.5) is 0 Å². The van der Waals surface area contributed by atoms with Crippen molar-refractivity contribution < 1.29 is 19.1 Å². The molecule has 0 saturated carbocycles. The van der Waals surface area contributed by atoms with Gasteiger partial charge in [0.15, 0.2) is 23.1 Å². The standard InChI is InChI=1S/C20H18O4/c1-11-16-14(8-9-15(23-2)17(16)24-3)19(22)20(11)10-12-6-4-5-7-13(12)18(20)21/h4-9,11H,10H2,1-3H3. The van der Waals surface area contributed by atoms with Crippen molar-refractivity contribution in [2.45, 2.75) is 19.3 Å². The third-order valence-corrected chi connectivity index (χ3v) is 5.54. The Bertz CT molecular complexity index is 883. The SMILES string of the molecule is COc1ccc2c(c1OC)C(C)C1(Cc3ccccc3C1=O)C2=O. The van der Waals surface area contributed by atoms with Crippen LogP contribution < -0.4 is 9.47 Å². The van der Waals surface area contributed by atoms with E-state index in [1.165, 1.54) is 0 Å². The number of ketones is 2. The highest BCUT2D eigenvalue weighted by Gasteiger charge is 2.60. The molecule has 2 aliphatic rings. The van der Waals surface area contributed by atoms with Crippen molar-refractivity contribution in [2.75, 3.05) is 14.2 Å². The summed E-state index contributed by atoms with van der Waals surface area (Å²) in [6.07, 6.45) is 0.447. The summed E-state index contributed by atoms with van der Waals surface area (Å²) >= 11 is 0. The zero-order chi connectivity index (χ0) is 17.1. The number of hydrogen-bond donors (Lipinski definition) is 0. The van der Waals surface area contributed by atoms with Crippen LogP contribution in [0.2, 0.25) is 0 Å². The first kappa shape index (κ1) is 14.9. The van der Waals surface area contributed by atoms with Crippen LogP contribution in [0.15, 0.2) is 36.4 Å².